The van der Waals surface area contributed by atoms with Gasteiger partial charge >= 0.3 is 6.03 Å². The third-order valence-electron chi connectivity index (χ3n) is 5.56. The predicted molar refractivity (Wildman–Crippen MR) is 116 cm³/mol. The van der Waals surface area contributed by atoms with Gasteiger partial charge in [-0.3, -0.25) is 9.88 Å². The molecule has 1 atom stereocenters. The molecule has 1 N–H and O–H groups in total. The Bertz CT molecular complexity index is 1020. The van der Waals surface area contributed by atoms with E-state index in [2.05, 4.69) is 15.2 Å². The van der Waals surface area contributed by atoms with Crippen molar-refractivity contribution >= 4 is 11.7 Å². The monoisotopic (exact) mass is 422 g/mol. The molecule has 1 aliphatic heterocycles. The van der Waals surface area contributed by atoms with Gasteiger partial charge in [-0.15, -0.1) is 0 Å². The quantitative estimate of drug-likeness (QED) is 0.645. The minimum absolute atomic E-state index is 0.123. The van der Waals surface area contributed by atoms with E-state index in [-0.39, 0.29) is 12.1 Å². The SMILES string of the molecule is CN(C(=O)Nc1ccc(-c2cc(F)cc(F)c2)cc1)[C@H]1CCN(Cc2ccccn2)C1. The van der Waals surface area contributed by atoms with E-state index in [9.17, 15) is 13.6 Å². The lowest BCUT2D eigenvalue weighted by atomic mass is 10.1. The summed E-state index contributed by atoms with van der Waals surface area (Å²) in [6.07, 6.45) is 2.69. The highest BCUT2D eigenvalue weighted by Crippen LogP contribution is 2.24. The number of urea groups is 1. The fourth-order valence-corrected chi connectivity index (χ4v) is 3.84. The van der Waals surface area contributed by atoms with Crippen molar-refractivity contribution in [1.82, 2.24) is 14.8 Å². The van der Waals surface area contributed by atoms with Crippen molar-refractivity contribution in [3.8, 4) is 11.1 Å². The van der Waals surface area contributed by atoms with Crippen molar-refractivity contribution in [1.29, 1.82) is 0 Å². The highest BCUT2D eigenvalue weighted by atomic mass is 19.1. The molecule has 160 valence electrons. The van der Waals surface area contributed by atoms with Crippen LogP contribution in [0, 0.1) is 11.6 Å². The maximum atomic E-state index is 13.4. The van der Waals surface area contributed by atoms with E-state index >= 15 is 0 Å². The number of likely N-dealkylation sites (tertiary alicyclic amines) is 1. The first-order chi connectivity index (χ1) is 15.0. The maximum Gasteiger partial charge on any atom is 0.321 e. The van der Waals surface area contributed by atoms with E-state index in [0.29, 0.717) is 16.8 Å². The van der Waals surface area contributed by atoms with Crippen LogP contribution in [0.25, 0.3) is 11.1 Å². The van der Waals surface area contributed by atoms with Crippen molar-refractivity contribution in [3.63, 3.8) is 0 Å². The molecular weight excluding hydrogens is 398 g/mol. The topological polar surface area (TPSA) is 48.5 Å². The van der Waals surface area contributed by atoms with Gasteiger partial charge in [0.15, 0.2) is 0 Å². The number of nitrogens with zero attached hydrogens (tertiary/aromatic N) is 3. The lowest BCUT2D eigenvalue weighted by molar-refractivity contribution is 0.201. The predicted octanol–water partition coefficient (Wildman–Crippen LogP) is 4.77. The third kappa shape index (κ3) is 5.24. The Morgan fingerprint density at radius 3 is 2.52 bits per heavy atom. The van der Waals surface area contributed by atoms with Crippen LogP contribution in [-0.2, 0) is 6.54 Å². The molecule has 0 unspecified atom stereocenters. The second-order valence-electron chi connectivity index (χ2n) is 7.78. The fourth-order valence-electron chi connectivity index (χ4n) is 3.84. The molecule has 4 rings (SSSR count). The number of pyridine rings is 1. The molecule has 5 nitrogen and oxygen atoms in total. The molecule has 1 fully saturated rings. The number of carbonyl (C=O) groups is 1. The normalized spacial score (nSPS) is 16.3. The lowest BCUT2D eigenvalue weighted by Crippen LogP contribution is -2.41. The van der Waals surface area contributed by atoms with Crippen LogP contribution in [0.15, 0.2) is 66.9 Å². The number of aromatic nitrogens is 1. The smallest absolute Gasteiger partial charge is 0.321 e. The van der Waals surface area contributed by atoms with Crippen LogP contribution in [0.1, 0.15) is 12.1 Å². The Balaban J connectivity index is 1.33. The van der Waals surface area contributed by atoms with E-state index in [4.69, 9.17) is 0 Å². The number of anilines is 1. The first-order valence-corrected chi connectivity index (χ1v) is 10.2. The molecule has 0 bridgehead atoms. The first-order valence-electron chi connectivity index (χ1n) is 10.2. The zero-order valence-electron chi connectivity index (χ0n) is 17.3. The van der Waals surface area contributed by atoms with Gasteiger partial charge in [0.1, 0.15) is 11.6 Å². The molecule has 0 aliphatic carbocycles. The molecular formula is C24H24F2N4O. The van der Waals surface area contributed by atoms with Gasteiger partial charge in [-0.25, -0.2) is 13.6 Å². The third-order valence-corrected chi connectivity index (χ3v) is 5.56. The Morgan fingerprint density at radius 1 is 1.10 bits per heavy atom. The summed E-state index contributed by atoms with van der Waals surface area (Å²) in [4.78, 5) is 21.1. The first kappa shape index (κ1) is 20.9. The second kappa shape index (κ2) is 9.22. The largest absolute Gasteiger partial charge is 0.323 e. The molecule has 0 saturated carbocycles. The Hall–Kier alpha value is -3.32. The average molecular weight is 422 g/mol. The van der Waals surface area contributed by atoms with Crippen LogP contribution in [0.5, 0.6) is 0 Å². The number of benzene rings is 2. The maximum absolute atomic E-state index is 13.4. The van der Waals surface area contributed by atoms with Gasteiger partial charge in [0.25, 0.3) is 0 Å². The lowest BCUT2D eigenvalue weighted by Gasteiger charge is -2.25. The van der Waals surface area contributed by atoms with Crippen molar-refractivity contribution in [2.24, 2.45) is 0 Å². The highest BCUT2D eigenvalue weighted by Gasteiger charge is 2.28. The van der Waals surface area contributed by atoms with Crippen LogP contribution in [-0.4, -0.2) is 47.0 Å². The summed E-state index contributed by atoms with van der Waals surface area (Å²) in [5.41, 5.74) is 2.77. The van der Waals surface area contributed by atoms with Crippen LogP contribution < -0.4 is 5.32 Å². The average Bonchev–Trinajstić information content (AvgIpc) is 3.22. The summed E-state index contributed by atoms with van der Waals surface area (Å²) in [7, 11) is 1.80. The van der Waals surface area contributed by atoms with Gasteiger partial charge in [-0.05, 0) is 53.9 Å². The molecule has 31 heavy (non-hydrogen) atoms. The fraction of sp³-hybridized carbons (Fsp3) is 0.250. The van der Waals surface area contributed by atoms with E-state index in [1.54, 1.807) is 42.4 Å². The number of hydrogen-bond acceptors (Lipinski definition) is 3. The molecule has 3 aromatic rings. The Kier molecular flexibility index (Phi) is 6.23. The van der Waals surface area contributed by atoms with Crippen molar-refractivity contribution in [2.45, 2.75) is 19.0 Å². The summed E-state index contributed by atoms with van der Waals surface area (Å²) >= 11 is 0. The minimum atomic E-state index is -0.623. The summed E-state index contributed by atoms with van der Waals surface area (Å²) in [5.74, 6) is -1.25. The summed E-state index contributed by atoms with van der Waals surface area (Å²) in [6, 6.07) is 16.1. The zero-order valence-corrected chi connectivity index (χ0v) is 17.3. The zero-order chi connectivity index (χ0) is 21.8. The van der Waals surface area contributed by atoms with Crippen LogP contribution in [0.3, 0.4) is 0 Å². The standard InChI is InChI=1S/C24H24F2N4O/c1-29(23-9-11-30(16-23)15-22-4-2-3-10-27-22)24(31)28-21-7-5-17(6-8-21)18-12-19(25)14-20(26)13-18/h2-8,10,12-14,23H,9,11,15-16H2,1H3,(H,28,31)/t23-/m0/s1. The Morgan fingerprint density at radius 2 is 1.84 bits per heavy atom. The number of likely N-dealkylation sites (N-methyl/N-ethyl adjacent to an activating group) is 1. The van der Waals surface area contributed by atoms with Gasteiger partial charge in [0, 0.05) is 50.7 Å². The van der Waals surface area contributed by atoms with Gasteiger partial charge in [-0.1, -0.05) is 18.2 Å². The molecule has 7 heteroatoms. The van der Waals surface area contributed by atoms with Gasteiger partial charge < -0.3 is 10.2 Å². The molecule has 2 heterocycles. The molecule has 1 aliphatic rings. The second-order valence-corrected chi connectivity index (χ2v) is 7.78. The summed E-state index contributed by atoms with van der Waals surface area (Å²) < 4.78 is 26.9. The van der Waals surface area contributed by atoms with E-state index in [0.717, 1.165) is 37.8 Å². The van der Waals surface area contributed by atoms with E-state index in [1.807, 2.05) is 18.2 Å². The molecule has 1 saturated heterocycles. The highest BCUT2D eigenvalue weighted by molar-refractivity contribution is 5.89. The Labute approximate surface area is 180 Å². The van der Waals surface area contributed by atoms with Crippen molar-refractivity contribution < 1.29 is 13.6 Å². The van der Waals surface area contributed by atoms with Gasteiger partial charge in [-0.2, -0.15) is 0 Å². The van der Waals surface area contributed by atoms with E-state index in [1.165, 1.54) is 12.1 Å². The molecule has 2 aromatic carbocycles. The molecule has 2 amide bonds. The molecule has 0 radical (unpaired) electrons. The van der Waals surface area contributed by atoms with Crippen LogP contribution in [0.4, 0.5) is 19.3 Å². The van der Waals surface area contributed by atoms with E-state index < -0.39 is 11.6 Å². The molecule has 0 spiro atoms. The van der Waals surface area contributed by atoms with Crippen molar-refractivity contribution in [2.75, 3.05) is 25.5 Å². The van der Waals surface area contributed by atoms with Crippen LogP contribution >= 0.6 is 0 Å². The van der Waals surface area contributed by atoms with Crippen LogP contribution in [0.2, 0.25) is 0 Å². The van der Waals surface area contributed by atoms with Gasteiger partial charge in [0.2, 0.25) is 0 Å². The number of halogens is 2. The van der Waals surface area contributed by atoms with Crippen molar-refractivity contribution in [3.05, 3.63) is 84.2 Å². The summed E-state index contributed by atoms with van der Waals surface area (Å²) in [5, 5.41) is 2.89. The number of nitrogens with one attached hydrogen (secondary N) is 1. The number of amides is 2. The number of hydrogen-bond donors (Lipinski definition) is 1. The number of rotatable bonds is 5. The minimum Gasteiger partial charge on any atom is -0.323 e. The van der Waals surface area contributed by atoms with Gasteiger partial charge in [0.05, 0.1) is 5.69 Å². The molecule has 1 aromatic heterocycles. The number of carbonyl (C=O) groups excluding carboxylic acids is 1. The summed E-state index contributed by atoms with van der Waals surface area (Å²) in [6.45, 7) is 2.48.